The van der Waals surface area contributed by atoms with Crippen molar-refractivity contribution in [2.24, 2.45) is 0 Å². The van der Waals surface area contributed by atoms with Gasteiger partial charge in [-0.25, -0.2) is 4.79 Å². The lowest BCUT2D eigenvalue weighted by atomic mass is 9.98. The van der Waals surface area contributed by atoms with E-state index in [1.54, 1.807) is 6.07 Å². The van der Waals surface area contributed by atoms with Crippen LogP contribution in [0.3, 0.4) is 0 Å². The van der Waals surface area contributed by atoms with Gasteiger partial charge in [-0.15, -0.1) is 0 Å². The molecule has 156 valence electrons. The summed E-state index contributed by atoms with van der Waals surface area (Å²) < 4.78 is 0. The molecule has 0 atom stereocenters. The van der Waals surface area contributed by atoms with Gasteiger partial charge in [0.25, 0.3) is 0 Å². The molecule has 2 N–H and O–H groups in total. The number of fused-ring (bicyclic) bond motifs is 5. The minimum Gasteiger partial charge on any atom is -0.478 e. The predicted octanol–water partition coefficient (Wildman–Crippen LogP) is 7.03. The number of hydrogen-bond acceptors (Lipinski definition) is 1. The number of unbranched alkanes of at least 4 members (excludes halogenated alkanes) is 1. The average molecular weight is 410 g/mol. The molecule has 0 amide bonds. The van der Waals surface area contributed by atoms with Crippen molar-refractivity contribution in [2.45, 2.75) is 45.4 Å². The van der Waals surface area contributed by atoms with Crippen LogP contribution in [-0.2, 0) is 19.3 Å². The summed E-state index contributed by atoms with van der Waals surface area (Å²) >= 11 is 0. The first-order chi connectivity index (χ1) is 15.1. The molecule has 3 aromatic carbocycles. The predicted molar refractivity (Wildman–Crippen MR) is 127 cm³/mol. The molecule has 0 radical (unpaired) electrons. The highest BCUT2D eigenvalue weighted by Crippen LogP contribution is 2.38. The van der Waals surface area contributed by atoms with Crippen LogP contribution in [-0.4, -0.2) is 16.1 Å². The second kappa shape index (κ2) is 8.07. The molecule has 5 rings (SSSR count). The Bertz CT molecular complexity index is 1260. The number of aromatic carboxylic acids is 1. The minimum atomic E-state index is -0.866. The Morgan fingerprint density at radius 1 is 0.968 bits per heavy atom. The minimum absolute atomic E-state index is 0.364. The van der Waals surface area contributed by atoms with Gasteiger partial charge < -0.3 is 10.1 Å². The summed E-state index contributed by atoms with van der Waals surface area (Å²) in [6, 6.07) is 21.2. The number of carboxylic acid groups (broad SMARTS) is 1. The fraction of sp³-hybridized carbons (Fsp3) is 0.250. The average Bonchev–Trinajstić information content (AvgIpc) is 3.05. The van der Waals surface area contributed by atoms with Crippen molar-refractivity contribution < 1.29 is 9.90 Å². The van der Waals surface area contributed by atoms with Gasteiger partial charge in [0, 0.05) is 22.2 Å². The number of carbonyl (C=O) groups is 1. The van der Waals surface area contributed by atoms with Crippen molar-refractivity contribution in [1.29, 1.82) is 0 Å². The van der Waals surface area contributed by atoms with E-state index in [0.29, 0.717) is 5.56 Å². The van der Waals surface area contributed by atoms with Crippen LogP contribution in [0.2, 0.25) is 0 Å². The lowest BCUT2D eigenvalue weighted by Gasteiger charge is -2.07. The first-order valence-electron chi connectivity index (χ1n) is 11.2. The monoisotopic (exact) mass is 409 g/mol. The highest BCUT2D eigenvalue weighted by atomic mass is 16.4. The summed E-state index contributed by atoms with van der Waals surface area (Å²) in [5.74, 6) is -0.866. The summed E-state index contributed by atoms with van der Waals surface area (Å²) in [7, 11) is 0. The van der Waals surface area contributed by atoms with Crippen molar-refractivity contribution in [3.8, 4) is 22.4 Å². The number of benzene rings is 3. The van der Waals surface area contributed by atoms with Gasteiger partial charge >= 0.3 is 5.97 Å². The number of rotatable bonds is 5. The molecule has 0 bridgehead atoms. The molecule has 1 aliphatic carbocycles. The van der Waals surface area contributed by atoms with Crippen LogP contribution in [0.25, 0.3) is 33.3 Å². The Morgan fingerprint density at radius 2 is 1.77 bits per heavy atom. The van der Waals surface area contributed by atoms with Gasteiger partial charge in [0.15, 0.2) is 0 Å². The number of H-pyrrole nitrogens is 1. The SMILES string of the molecule is CCCCc1ccc(-c2ccc3c4c([nH]c3c2)-c2ccc(C(=O)O)cc2CCC4)cc1. The van der Waals surface area contributed by atoms with E-state index in [4.69, 9.17) is 0 Å². The standard InChI is InChI=1S/C28H27NO2/c1-2-3-5-18-8-10-19(11-9-18)20-12-15-24-25-7-4-6-21-16-22(28(30)31)13-14-23(21)27(25)29-26(24)17-20/h8-17,29H,2-7H2,1H3,(H,30,31). The van der Waals surface area contributed by atoms with Crippen LogP contribution in [0.1, 0.15) is 53.2 Å². The third kappa shape index (κ3) is 3.65. The maximum absolute atomic E-state index is 11.4. The van der Waals surface area contributed by atoms with Gasteiger partial charge in [0.2, 0.25) is 0 Å². The Morgan fingerprint density at radius 3 is 2.55 bits per heavy atom. The molecule has 3 nitrogen and oxygen atoms in total. The molecular weight excluding hydrogens is 382 g/mol. The molecule has 1 aromatic heterocycles. The molecule has 0 saturated heterocycles. The number of aromatic nitrogens is 1. The third-order valence-corrected chi connectivity index (χ3v) is 6.51. The molecule has 3 heteroatoms. The number of nitrogens with one attached hydrogen (secondary N) is 1. The zero-order valence-corrected chi connectivity index (χ0v) is 17.9. The lowest BCUT2D eigenvalue weighted by Crippen LogP contribution is -1.98. The summed E-state index contributed by atoms with van der Waals surface area (Å²) in [5.41, 5.74) is 10.1. The number of carboxylic acids is 1. The van der Waals surface area contributed by atoms with Gasteiger partial charge in [-0.3, -0.25) is 0 Å². The Labute approximate surface area is 182 Å². The quantitative estimate of drug-likeness (QED) is 0.372. The highest BCUT2D eigenvalue weighted by Gasteiger charge is 2.20. The van der Waals surface area contributed by atoms with Gasteiger partial charge in [-0.2, -0.15) is 0 Å². The smallest absolute Gasteiger partial charge is 0.335 e. The maximum atomic E-state index is 11.4. The van der Waals surface area contributed by atoms with Crippen molar-refractivity contribution in [3.05, 3.63) is 82.9 Å². The summed E-state index contributed by atoms with van der Waals surface area (Å²) in [6.07, 6.45) is 6.52. The summed E-state index contributed by atoms with van der Waals surface area (Å²) in [6.45, 7) is 2.23. The molecule has 0 spiro atoms. The zero-order chi connectivity index (χ0) is 21.4. The zero-order valence-electron chi connectivity index (χ0n) is 17.9. The molecule has 1 aliphatic rings. The molecule has 31 heavy (non-hydrogen) atoms. The van der Waals surface area contributed by atoms with E-state index in [1.807, 2.05) is 12.1 Å². The third-order valence-electron chi connectivity index (χ3n) is 6.51. The van der Waals surface area contributed by atoms with Gasteiger partial charge in [0.05, 0.1) is 5.56 Å². The first-order valence-corrected chi connectivity index (χ1v) is 11.2. The van der Waals surface area contributed by atoms with Crippen molar-refractivity contribution >= 4 is 16.9 Å². The van der Waals surface area contributed by atoms with Crippen LogP contribution in [0.4, 0.5) is 0 Å². The van der Waals surface area contributed by atoms with E-state index in [9.17, 15) is 9.90 Å². The van der Waals surface area contributed by atoms with E-state index in [-0.39, 0.29) is 0 Å². The number of aromatic amines is 1. The van der Waals surface area contributed by atoms with E-state index in [2.05, 4.69) is 54.4 Å². The van der Waals surface area contributed by atoms with Gasteiger partial charge in [-0.05, 0) is 78.1 Å². The van der Waals surface area contributed by atoms with Gasteiger partial charge in [0.1, 0.15) is 0 Å². The molecule has 0 saturated carbocycles. The second-order valence-electron chi connectivity index (χ2n) is 8.57. The Hall–Kier alpha value is -3.33. The van der Waals surface area contributed by atoms with Crippen LogP contribution in [0.5, 0.6) is 0 Å². The number of aryl methyl sites for hydroxylation is 3. The van der Waals surface area contributed by atoms with Crippen LogP contribution < -0.4 is 0 Å². The largest absolute Gasteiger partial charge is 0.478 e. The summed E-state index contributed by atoms with van der Waals surface area (Å²) in [4.78, 5) is 15.1. The normalized spacial score (nSPS) is 12.9. The number of hydrogen-bond donors (Lipinski definition) is 2. The topological polar surface area (TPSA) is 53.1 Å². The second-order valence-corrected chi connectivity index (χ2v) is 8.57. The van der Waals surface area contributed by atoms with E-state index in [0.717, 1.165) is 48.0 Å². The van der Waals surface area contributed by atoms with Crippen LogP contribution >= 0.6 is 0 Å². The van der Waals surface area contributed by atoms with E-state index in [1.165, 1.54) is 40.5 Å². The molecule has 1 heterocycles. The van der Waals surface area contributed by atoms with E-state index < -0.39 is 5.97 Å². The first kappa shape index (κ1) is 19.6. The van der Waals surface area contributed by atoms with Crippen LogP contribution in [0.15, 0.2) is 60.7 Å². The van der Waals surface area contributed by atoms with Gasteiger partial charge in [-0.1, -0.05) is 55.8 Å². The molecule has 0 fully saturated rings. The lowest BCUT2D eigenvalue weighted by molar-refractivity contribution is 0.0697. The maximum Gasteiger partial charge on any atom is 0.335 e. The molecule has 0 aliphatic heterocycles. The Balaban J connectivity index is 1.54. The summed E-state index contributed by atoms with van der Waals surface area (Å²) in [5, 5.41) is 10.6. The Kier molecular flexibility index (Phi) is 5.11. The molecule has 0 unspecified atom stereocenters. The fourth-order valence-electron chi connectivity index (χ4n) is 4.80. The molecular formula is C28H27NO2. The fourth-order valence-corrected chi connectivity index (χ4v) is 4.80. The van der Waals surface area contributed by atoms with Crippen molar-refractivity contribution in [1.82, 2.24) is 4.98 Å². The van der Waals surface area contributed by atoms with Crippen LogP contribution in [0, 0.1) is 0 Å². The molecule has 4 aromatic rings. The van der Waals surface area contributed by atoms with Crippen molar-refractivity contribution in [2.75, 3.05) is 0 Å². The van der Waals surface area contributed by atoms with Crippen molar-refractivity contribution in [3.63, 3.8) is 0 Å². The highest BCUT2D eigenvalue weighted by molar-refractivity contribution is 5.95. The van der Waals surface area contributed by atoms with E-state index >= 15 is 0 Å².